The van der Waals surface area contributed by atoms with Gasteiger partial charge in [0.25, 0.3) is 0 Å². The molecule has 1 amide bonds. The number of amides is 1. The van der Waals surface area contributed by atoms with Crippen molar-refractivity contribution in [3.63, 3.8) is 0 Å². The zero-order valence-corrected chi connectivity index (χ0v) is 10.8. The summed E-state index contributed by atoms with van der Waals surface area (Å²) in [4.78, 5) is 22.2. The first-order valence-electron chi connectivity index (χ1n) is 6.11. The van der Waals surface area contributed by atoms with E-state index in [1.165, 1.54) is 0 Å². The van der Waals surface area contributed by atoms with Crippen molar-refractivity contribution in [3.8, 4) is 0 Å². The second kappa shape index (κ2) is 6.79. The summed E-state index contributed by atoms with van der Waals surface area (Å²) in [5.74, 6) is -0.491. The number of hydrogen-bond acceptors (Lipinski definition) is 2. The van der Waals surface area contributed by atoms with Gasteiger partial charge in [0.1, 0.15) is 0 Å². The van der Waals surface area contributed by atoms with E-state index in [2.05, 4.69) is 12.2 Å². The number of carboxylic acid groups (broad SMARTS) is 1. The Morgan fingerprint density at radius 3 is 2.39 bits per heavy atom. The number of nitrogens with one attached hydrogen (secondary N) is 1. The SMILES string of the molecule is CCC(C)CC(=O)Nc1ccc(CC(=O)O)cc1. The van der Waals surface area contributed by atoms with Crippen LogP contribution >= 0.6 is 0 Å². The highest BCUT2D eigenvalue weighted by atomic mass is 16.4. The second-order valence-corrected chi connectivity index (χ2v) is 4.53. The lowest BCUT2D eigenvalue weighted by atomic mass is 10.0. The molecule has 18 heavy (non-hydrogen) atoms. The van der Waals surface area contributed by atoms with E-state index in [9.17, 15) is 9.59 Å². The highest BCUT2D eigenvalue weighted by Gasteiger charge is 2.07. The smallest absolute Gasteiger partial charge is 0.307 e. The molecule has 0 saturated heterocycles. The fourth-order valence-corrected chi connectivity index (χ4v) is 1.55. The zero-order chi connectivity index (χ0) is 13.5. The van der Waals surface area contributed by atoms with Crippen molar-refractivity contribution in [2.45, 2.75) is 33.1 Å². The predicted molar refractivity (Wildman–Crippen MR) is 70.5 cm³/mol. The molecule has 0 radical (unpaired) electrons. The van der Waals surface area contributed by atoms with Gasteiger partial charge in [0.15, 0.2) is 0 Å². The van der Waals surface area contributed by atoms with Crippen LogP contribution in [0.1, 0.15) is 32.3 Å². The van der Waals surface area contributed by atoms with Gasteiger partial charge in [-0.2, -0.15) is 0 Å². The van der Waals surface area contributed by atoms with E-state index in [0.717, 1.165) is 12.0 Å². The standard InChI is InChI=1S/C14H19NO3/c1-3-10(2)8-13(16)15-12-6-4-11(5-7-12)9-14(17)18/h4-7,10H,3,8-9H2,1-2H3,(H,15,16)(H,17,18). The molecule has 1 unspecified atom stereocenters. The normalized spacial score (nSPS) is 11.9. The first-order valence-corrected chi connectivity index (χ1v) is 6.11. The Balaban J connectivity index is 2.53. The molecule has 0 fully saturated rings. The van der Waals surface area contributed by atoms with Crippen LogP contribution in [0.25, 0.3) is 0 Å². The van der Waals surface area contributed by atoms with Crippen LogP contribution in [0.15, 0.2) is 24.3 Å². The third-order valence-corrected chi connectivity index (χ3v) is 2.82. The van der Waals surface area contributed by atoms with Crippen molar-refractivity contribution in [3.05, 3.63) is 29.8 Å². The van der Waals surface area contributed by atoms with E-state index in [0.29, 0.717) is 18.0 Å². The summed E-state index contributed by atoms with van der Waals surface area (Å²) in [6.07, 6.45) is 1.49. The quantitative estimate of drug-likeness (QED) is 0.814. The van der Waals surface area contributed by atoms with Crippen LogP contribution < -0.4 is 5.32 Å². The molecule has 1 atom stereocenters. The average Bonchev–Trinajstić information content (AvgIpc) is 2.30. The summed E-state index contributed by atoms with van der Waals surface area (Å²) in [7, 11) is 0. The Morgan fingerprint density at radius 1 is 1.28 bits per heavy atom. The van der Waals surface area contributed by atoms with Gasteiger partial charge in [0.05, 0.1) is 6.42 Å². The molecule has 1 rings (SSSR count). The van der Waals surface area contributed by atoms with Gasteiger partial charge in [0, 0.05) is 12.1 Å². The molecule has 0 spiro atoms. The molecule has 1 aromatic carbocycles. The minimum absolute atomic E-state index is 0.00109. The number of benzene rings is 1. The van der Waals surface area contributed by atoms with Crippen molar-refractivity contribution in [2.24, 2.45) is 5.92 Å². The van der Waals surface area contributed by atoms with Crippen molar-refractivity contribution in [2.75, 3.05) is 5.32 Å². The molecule has 0 heterocycles. The minimum atomic E-state index is -0.858. The van der Waals surface area contributed by atoms with Crippen molar-refractivity contribution in [1.29, 1.82) is 0 Å². The number of rotatable bonds is 6. The van der Waals surface area contributed by atoms with Gasteiger partial charge in [-0.1, -0.05) is 32.4 Å². The molecule has 0 aliphatic carbocycles. The summed E-state index contributed by atoms with van der Waals surface area (Å²) in [6, 6.07) is 6.89. The monoisotopic (exact) mass is 249 g/mol. The number of hydrogen-bond donors (Lipinski definition) is 2. The first kappa shape index (κ1) is 14.2. The predicted octanol–water partition coefficient (Wildman–Crippen LogP) is 2.69. The van der Waals surface area contributed by atoms with E-state index in [1.807, 2.05) is 6.92 Å². The van der Waals surface area contributed by atoms with Gasteiger partial charge in [-0.05, 0) is 23.6 Å². The van der Waals surface area contributed by atoms with Crippen LogP contribution in [0.5, 0.6) is 0 Å². The third kappa shape index (κ3) is 4.99. The number of anilines is 1. The highest BCUT2D eigenvalue weighted by Crippen LogP contribution is 2.12. The summed E-state index contributed by atoms with van der Waals surface area (Å²) < 4.78 is 0. The van der Waals surface area contributed by atoms with Gasteiger partial charge in [-0.15, -0.1) is 0 Å². The number of carbonyl (C=O) groups excluding carboxylic acids is 1. The summed E-state index contributed by atoms with van der Waals surface area (Å²) in [5.41, 5.74) is 1.43. The molecule has 2 N–H and O–H groups in total. The summed E-state index contributed by atoms with van der Waals surface area (Å²) in [5, 5.41) is 11.4. The van der Waals surface area contributed by atoms with E-state index in [4.69, 9.17) is 5.11 Å². The van der Waals surface area contributed by atoms with E-state index < -0.39 is 5.97 Å². The summed E-state index contributed by atoms with van der Waals surface area (Å²) in [6.45, 7) is 4.09. The average molecular weight is 249 g/mol. The maximum Gasteiger partial charge on any atom is 0.307 e. The van der Waals surface area contributed by atoms with Crippen LogP contribution in [0.2, 0.25) is 0 Å². The molecular formula is C14H19NO3. The minimum Gasteiger partial charge on any atom is -0.481 e. The molecular weight excluding hydrogens is 230 g/mol. The molecule has 0 aliphatic heterocycles. The number of aliphatic carboxylic acids is 1. The Hall–Kier alpha value is -1.84. The number of carboxylic acids is 1. The Morgan fingerprint density at radius 2 is 1.89 bits per heavy atom. The van der Waals surface area contributed by atoms with Crippen molar-refractivity contribution < 1.29 is 14.7 Å². The van der Waals surface area contributed by atoms with Gasteiger partial charge in [-0.25, -0.2) is 0 Å². The molecule has 0 saturated carbocycles. The molecule has 4 nitrogen and oxygen atoms in total. The molecule has 0 aromatic heterocycles. The van der Waals surface area contributed by atoms with E-state index in [-0.39, 0.29) is 12.3 Å². The largest absolute Gasteiger partial charge is 0.481 e. The number of carbonyl (C=O) groups is 2. The topological polar surface area (TPSA) is 66.4 Å². The van der Waals surface area contributed by atoms with Crippen molar-refractivity contribution in [1.82, 2.24) is 0 Å². The van der Waals surface area contributed by atoms with E-state index in [1.54, 1.807) is 24.3 Å². The lowest BCUT2D eigenvalue weighted by Gasteiger charge is -2.09. The molecule has 0 aliphatic rings. The van der Waals surface area contributed by atoms with Gasteiger partial charge in [0.2, 0.25) is 5.91 Å². The second-order valence-electron chi connectivity index (χ2n) is 4.53. The summed E-state index contributed by atoms with van der Waals surface area (Å²) >= 11 is 0. The Bertz CT molecular complexity index is 412. The van der Waals surface area contributed by atoms with Crippen LogP contribution in [0.4, 0.5) is 5.69 Å². The van der Waals surface area contributed by atoms with Crippen LogP contribution in [0, 0.1) is 5.92 Å². The maximum atomic E-state index is 11.6. The fraction of sp³-hybridized carbons (Fsp3) is 0.429. The molecule has 0 bridgehead atoms. The molecule has 4 heteroatoms. The first-order chi connectivity index (χ1) is 8.51. The van der Waals surface area contributed by atoms with Crippen LogP contribution in [0.3, 0.4) is 0 Å². The molecule has 98 valence electrons. The van der Waals surface area contributed by atoms with Gasteiger partial charge in [-0.3, -0.25) is 9.59 Å². The van der Waals surface area contributed by atoms with Crippen LogP contribution in [-0.2, 0) is 16.0 Å². The van der Waals surface area contributed by atoms with Crippen molar-refractivity contribution >= 4 is 17.6 Å². The maximum absolute atomic E-state index is 11.6. The third-order valence-electron chi connectivity index (χ3n) is 2.82. The fourth-order valence-electron chi connectivity index (χ4n) is 1.55. The van der Waals surface area contributed by atoms with Crippen LogP contribution in [-0.4, -0.2) is 17.0 Å². The Labute approximate surface area is 107 Å². The molecule has 1 aromatic rings. The van der Waals surface area contributed by atoms with E-state index >= 15 is 0 Å². The van der Waals surface area contributed by atoms with Gasteiger partial charge < -0.3 is 10.4 Å². The lowest BCUT2D eigenvalue weighted by Crippen LogP contribution is -2.14. The van der Waals surface area contributed by atoms with Gasteiger partial charge >= 0.3 is 5.97 Å². The highest BCUT2D eigenvalue weighted by molar-refractivity contribution is 5.90. The zero-order valence-electron chi connectivity index (χ0n) is 10.8. The lowest BCUT2D eigenvalue weighted by molar-refractivity contribution is -0.136. The Kier molecular flexibility index (Phi) is 5.36.